The Morgan fingerprint density at radius 3 is 2.36 bits per heavy atom. The van der Waals surface area contributed by atoms with Crippen LogP contribution in [-0.4, -0.2) is 103 Å². The van der Waals surface area contributed by atoms with E-state index in [9.17, 15) is 9.59 Å². The molecule has 0 unspecified atom stereocenters. The van der Waals surface area contributed by atoms with Crippen LogP contribution in [0.1, 0.15) is 74.7 Å². The maximum Gasteiger partial charge on any atom is 0.410 e. The van der Waals surface area contributed by atoms with Gasteiger partial charge in [-0.15, -0.1) is 0 Å². The number of carbonyl (C=O) groups is 2. The number of rotatable bonds is 5. The van der Waals surface area contributed by atoms with Gasteiger partial charge in [0, 0.05) is 80.8 Å². The van der Waals surface area contributed by atoms with E-state index in [1.54, 1.807) is 0 Å². The summed E-state index contributed by atoms with van der Waals surface area (Å²) in [4.78, 5) is 32.1. The number of piperazine rings is 1. The number of benzene rings is 2. The molecule has 4 aliphatic rings. The molecule has 7 rings (SSSR count). The molecule has 3 fully saturated rings. The molecule has 1 saturated carbocycles. The summed E-state index contributed by atoms with van der Waals surface area (Å²) in [6, 6.07) is 14.7. The fourth-order valence-corrected chi connectivity index (χ4v) is 8.30. The summed E-state index contributed by atoms with van der Waals surface area (Å²) >= 11 is 0. The Bertz CT molecular complexity index is 1620. The molecular weight excluding hydrogens is 592 g/mol. The second kappa shape index (κ2) is 12.8. The number of fused-ring (bicyclic) bond motifs is 5. The van der Waals surface area contributed by atoms with Gasteiger partial charge in [-0.05, 0) is 69.4 Å². The predicted molar refractivity (Wildman–Crippen MR) is 183 cm³/mol. The van der Waals surface area contributed by atoms with E-state index < -0.39 is 5.60 Å². The molecule has 0 radical (unpaired) electrons. The molecule has 9 nitrogen and oxygen atoms in total. The van der Waals surface area contributed by atoms with Gasteiger partial charge in [-0.1, -0.05) is 37.5 Å². The fraction of sp³-hybridized carbons (Fsp3) is 0.579. The number of para-hydroxylation sites is 1. The molecule has 1 spiro atoms. The van der Waals surface area contributed by atoms with Crippen LogP contribution in [-0.2, 0) is 16.0 Å². The number of carbonyl (C=O) groups excluding carboxylic acids is 2. The smallest absolute Gasteiger partial charge is 0.410 e. The van der Waals surface area contributed by atoms with E-state index in [0.29, 0.717) is 31.2 Å². The average Bonchev–Trinajstić information content (AvgIpc) is 3.35. The van der Waals surface area contributed by atoms with E-state index in [1.165, 1.54) is 55.9 Å². The SMILES string of the molecule is COC(=O)c1ccc2c(C3CCCCC3)c3n(c2c1)CC1(COc2ccccc2-3)CN(CCN2CCN(C(=O)OC(C)(C)C)CC2)C1. The van der Waals surface area contributed by atoms with Gasteiger partial charge in [-0.2, -0.15) is 0 Å². The van der Waals surface area contributed by atoms with Gasteiger partial charge in [0.05, 0.1) is 25.0 Å². The van der Waals surface area contributed by atoms with Crippen molar-refractivity contribution in [2.45, 2.75) is 70.9 Å². The van der Waals surface area contributed by atoms with Crippen molar-refractivity contribution in [2.24, 2.45) is 5.41 Å². The highest BCUT2D eigenvalue weighted by atomic mass is 16.6. The van der Waals surface area contributed by atoms with Crippen molar-refractivity contribution in [2.75, 3.05) is 66.1 Å². The molecule has 0 N–H and O–H groups in total. The second-order valence-corrected chi connectivity index (χ2v) is 15.2. The van der Waals surface area contributed by atoms with Gasteiger partial charge in [-0.3, -0.25) is 4.90 Å². The molecule has 3 aliphatic heterocycles. The molecule has 2 aromatic carbocycles. The molecule has 0 atom stereocenters. The fourth-order valence-electron chi connectivity index (χ4n) is 8.30. The number of methoxy groups -OCH3 is 1. The third-order valence-corrected chi connectivity index (χ3v) is 10.6. The first kappa shape index (κ1) is 32.0. The normalized spacial score (nSPS) is 20.5. The van der Waals surface area contributed by atoms with E-state index in [1.807, 2.05) is 31.7 Å². The van der Waals surface area contributed by atoms with Crippen LogP contribution in [0.2, 0.25) is 0 Å². The van der Waals surface area contributed by atoms with Crippen LogP contribution in [0.25, 0.3) is 22.2 Å². The summed E-state index contributed by atoms with van der Waals surface area (Å²) in [5.74, 6) is 1.14. The summed E-state index contributed by atoms with van der Waals surface area (Å²) < 4.78 is 20.0. The Morgan fingerprint density at radius 2 is 1.64 bits per heavy atom. The summed E-state index contributed by atoms with van der Waals surface area (Å²) in [5.41, 5.74) is 5.06. The van der Waals surface area contributed by atoms with Gasteiger partial charge in [0.15, 0.2) is 0 Å². The number of amides is 1. The van der Waals surface area contributed by atoms with Gasteiger partial charge in [0.2, 0.25) is 0 Å². The van der Waals surface area contributed by atoms with Crippen molar-refractivity contribution in [3.63, 3.8) is 0 Å². The third kappa shape index (κ3) is 6.49. The van der Waals surface area contributed by atoms with Crippen molar-refractivity contribution in [1.82, 2.24) is 19.3 Å². The van der Waals surface area contributed by atoms with Gasteiger partial charge in [-0.25, -0.2) is 9.59 Å². The quantitative estimate of drug-likeness (QED) is 0.299. The van der Waals surface area contributed by atoms with Gasteiger partial charge in [0.25, 0.3) is 0 Å². The zero-order valence-corrected chi connectivity index (χ0v) is 28.6. The molecule has 2 saturated heterocycles. The van der Waals surface area contributed by atoms with E-state index in [-0.39, 0.29) is 17.5 Å². The summed E-state index contributed by atoms with van der Waals surface area (Å²) in [6.45, 7) is 14.3. The number of nitrogens with zero attached hydrogens (tertiary/aromatic N) is 4. The van der Waals surface area contributed by atoms with Crippen LogP contribution >= 0.6 is 0 Å². The molecule has 252 valence electrons. The standard InChI is InChI=1S/C38H50N4O5/c1-37(2,3)47-36(44)41-20-18-39(19-21-41)16-17-40-23-38(24-40)25-42-31-22-28(35(43)45-4)14-15-29(31)33(27-10-6-5-7-11-27)34(42)30-12-8-9-13-32(30)46-26-38/h8-9,12-15,22,27H,5-7,10-11,16-21,23-26H2,1-4H3. The van der Waals surface area contributed by atoms with E-state index in [2.05, 4.69) is 50.8 Å². The molecule has 0 bridgehead atoms. The van der Waals surface area contributed by atoms with Crippen LogP contribution in [0.5, 0.6) is 5.75 Å². The van der Waals surface area contributed by atoms with Gasteiger partial charge >= 0.3 is 12.1 Å². The van der Waals surface area contributed by atoms with Crippen LogP contribution in [0, 0.1) is 5.41 Å². The summed E-state index contributed by atoms with van der Waals surface area (Å²) in [7, 11) is 1.45. The molecule has 1 aliphatic carbocycles. The molecular formula is C38H50N4O5. The average molecular weight is 643 g/mol. The summed E-state index contributed by atoms with van der Waals surface area (Å²) in [6.07, 6.45) is 5.98. The first-order valence-corrected chi connectivity index (χ1v) is 17.5. The minimum atomic E-state index is -0.473. The monoisotopic (exact) mass is 642 g/mol. The van der Waals surface area contributed by atoms with Crippen molar-refractivity contribution >= 4 is 23.0 Å². The molecule has 3 aromatic rings. The Kier molecular flexibility index (Phi) is 8.72. The molecule has 9 heteroatoms. The Labute approximate surface area is 278 Å². The van der Waals surface area contributed by atoms with Crippen molar-refractivity contribution in [3.05, 3.63) is 53.6 Å². The minimum absolute atomic E-state index is 0.0330. The highest BCUT2D eigenvalue weighted by Gasteiger charge is 2.46. The molecule has 1 aromatic heterocycles. The highest BCUT2D eigenvalue weighted by molar-refractivity contribution is 5.99. The highest BCUT2D eigenvalue weighted by Crippen LogP contribution is 2.49. The maximum atomic E-state index is 12.7. The Balaban J connectivity index is 1.12. The van der Waals surface area contributed by atoms with Gasteiger partial charge in [0.1, 0.15) is 11.4 Å². The first-order valence-electron chi connectivity index (χ1n) is 17.5. The van der Waals surface area contributed by atoms with Crippen LogP contribution in [0.4, 0.5) is 4.79 Å². The lowest BCUT2D eigenvalue weighted by atomic mass is 9.79. The maximum absolute atomic E-state index is 12.7. The van der Waals surface area contributed by atoms with Crippen molar-refractivity contribution < 1.29 is 23.8 Å². The zero-order valence-electron chi connectivity index (χ0n) is 28.6. The summed E-state index contributed by atoms with van der Waals surface area (Å²) in [5, 5.41) is 1.26. The van der Waals surface area contributed by atoms with Crippen LogP contribution in [0.15, 0.2) is 42.5 Å². The Hall–Kier alpha value is -3.56. The number of likely N-dealkylation sites (tertiary alicyclic amines) is 1. The van der Waals surface area contributed by atoms with Crippen LogP contribution < -0.4 is 4.74 Å². The largest absolute Gasteiger partial charge is 0.492 e. The van der Waals surface area contributed by atoms with E-state index >= 15 is 0 Å². The van der Waals surface area contributed by atoms with Gasteiger partial charge < -0.3 is 28.6 Å². The molecule has 1 amide bonds. The lowest BCUT2D eigenvalue weighted by Gasteiger charge is -2.51. The Morgan fingerprint density at radius 1 is 0.915 bits per heavy atom. The zero-order chi connectivity index (χ0) is 32.8. The molecule has 47 heavy (non-hydrogen) atoms. The van der Waals surface area contributed by atoms with Crippen molar-refractivity contribution in [3.8, 4) is 17.0 Å². The predicted octanol–water partition coefficient (Wildman–Crippen LogP) is 6.39. The van der Waals surface area contributed by atoms with E-state index in [4.69, 9.17) is 14.2 Å². The second-order valence-electron chi connectivity index (χ2n) is 15.2. The molecule has 4 heterocycles. The number of aromatic nitrogens is 1. The van der Waals surface area contributed by atoms with Crippen LogP contribution in [0.3, 0.4) is 0 Å². The number of esters is 1. The third-order valence-electron chi connectivity index (χ3n) is 10.6. The first-order chi connectivity index (χ1) is 22.6. The topological polar surface area (TPSA) is 76.5 Å². The lowest BCUT2D eigenvalue weighted by molar-refractivity contribution is -0.0503. The van der Waals surface area contributed by atoms with E-state index in [0.717, 1.165) is 62.6 Å². The number of hydrogen-bond donors (Lipinski definition) is 0. The minimum Gasteiger partial charge on any atom is -0.492 e. The number of ether oxygens (including phenoxy) is 3. The number of hydrogen-bond acceptors (Lipinski definition) is 7. The lowest BCUT2D eigenvalue weighted by Crippen LogP contribution is -2.62. The van der Waals surface area contributed by atoms with Crippen molar-refractivity contribution in [1.29, 1.82) is 0 Å².